The van der Waals surface area contributed by atoms with Crippen LogP contribution in [0.25, 0.3) is 22.4 Å². The summed E-state index contributed by atoms with van der Waals surface area (Å²) in [5, 5.41) is 25.3. The van der Waals surface area contributed by atoms with E-state index >= 15 is 0 Å². The molecule has 3 aromatic rings. The summed E-state index contributed by atoms with van der Waals surface area (Å²) in [6, 6.07) is 4.52. The Balaban J connectivity index is 1.68. The van der Waals surface area contributed by atoms with Crippen LogP contribution in [-0.4, -0.2) is 63.1 Å². The Morgan fingerprint density at radius 1 is 1.19 bits per heavy atom. The molecule has 4 atom stereocenters. The van der Waals surface area contributed by atoms with Crippen molar-refractivity contribution in [3.8, 4) is 11.3 Å². The zero-order chi connectivity index (χ0) is 23.3. The highest BCUT2D eigenvalue weighted by Gasteiger charge is 2.45. The summed E-state index contributed by atoms with van der Waals surface area (Å²) in [6.07, 6.45) is -7.76. The molecule has 4 rings (SSSR count). The summed E-state index contributed by atoms with van der Waals surface area (Å²) in [6.45, 7) is -0.648. The molecule has 0 unspecified atom stereocenters. The topological polar surface area (TPSA) is 163 Å². The van der Waals surface area contributed by atoms with Crippen LogP contribution in [0.4, 0.5) is 13.2 Å². The molecule has 11 nitrogen and oxygen atoms in total. The Morgan fingerprint density at radius 2 is 1.94 bits per heavy atom. The third-order valence-corrected chi connectivity index (χ3v) is 5.29. The van der Waals surface area contributed by atoms with Crippen LogP contribution in [0.5, 0.6) is 0 Å². The van der Waals surface area contributed by atoms with Crippen molar-refractivity contribution in [3.05, 3.63) is 42.5 Å². The molecular formula is C17H16F3N5O6S. The van der Waals surface area contributed by atoms with E-state index in [2.05, 4.69) is 19.1 Å². The zero-order valence-electron chi connectivity index (χ0n) is 15.9. The van der Waals surface area contributed by atoms with E-state index in [1.54, 1.807) is 0 Å². The Morgan fingerprint density at radius 3 is 2.62 bits per heavy atom. The smallest absolute Gasteiger partial charge is 0.387 e. The highest BCUT2D eigenvalue weighted by Crippen LogP contribution is 2.35. The number of fused-ring (bicyclic) bond motifs is 1. The lowest BCUT2D eigenvalue weighted by atomic mass is 10.1. The van der Waals surface area contributed by atoms with Crippen molar-refractivity contribution in [2.45, 2.75) is 30.7 Å². The second-order valence-electron chi connectivity index (χ2n) is 6.95. The summed E-state index contributed by atoms with van der Waals surface area (Å²) >= 11 is 0. The summed E-state index contributed by atoms with van der Waals surface area (Å²) in [7, 11) is -4.30. The Hall–Kier alpha value is -2.69. The minimum Gasteiger partial charge on any atom is -0.387 e. The number of nitrogens with two attached hydrogens (primary N) is 1. The van der Waals surface area contributed by atoms with Gasteiger partial charge in [0.2, 0.25) is 0 Å². The second kappa shape index (κ2) is 8.02. The van der Waals surface area contributed by atoms with E-state index in [9.17, 15) is 31.8 Å². The average Bonchev–Trinajstić information content (AvgIpc) is 3.27. The summed E-state index contributed by atoms with van der Waals surface area (Å²) in [5.74, 6) is 0. The summed E-state index contributed by atoms with van der Waals surface area (Å²) in [4.78, 5) is 12.2. The maximum atomic E-state index is 13.1. The minimum absolute atomic E-state index is 0.108. The van der Waals surface area contributed by atoms with Gasteiger partial charge in [0.1, 0.15) is 35.8 Å². The second-order valence-corrected chi connectivity index (χ2v) is 8.17. The number of ether oxygens (including phenoxy) is 1. The number of aromatic nitrogens is 4. The number of aliphatic hydroxyl groups excluding tert-OH is 2. The lowest BCUT2D eigenvalue weighted by Gasteiger charge is -2.16. The first-order valence-electron chi connectivity index (χ1n) is 8.99. The first-order chi connectivity index (χ1) is 15.0. The summed E-state index contributed by atoms with van der Waals surface area (Å²) < 4.78 is 72.4. The molecule has 1 aliphatic heterocycles. The molecule has 0 amide bonds. The van der Waals surface area contributed by atoms with E-state index in [-0.39, 0.29) is 22.4 Å². The van der Waals surface area contributed by atoms with E-state index in [0.29, 0.717) is 0 Å². The monoisotopic (exact) mass is 475 g/mol. The quantitative estimate of drug-likeness (QED) is 0.473. The molecule has 0 radical (unpaired) electrons. The van der Waals surface area contributed by atoms with Gasteiger partial charge in [-0.05, 0) is 12.1 Å². The number of imidazole rings is 1. The fourth-order valence-electron chi connectivity index (χ4n) is 3.35. The highest BCUT2D eigenvalue weighted by molar-refractivity contribution is 7.84. The number of halogens is 3. The third-order valence-electron chi connectivity index (χ3n) is 4.83. The largest absolute Gasteiger partial charge is 0.416 e. The van der Waals surface area contributed by atoms with Gasteiger partial charge in [-0.25, -0.2) is 20.1 Å². The van der Waals surface area contributed by atoms with Gasteiger partial charge in [-0.2, -0.15) is 21.6 Å². The van der Waals surface area contributed by atoms with E-state index in [4.69, 9.17) is 9.88 Å². The van der Waals surface area contributed by atoms with Crippen LogP contribution in [0.3, 0.4) is 0 Å². The molecule has 3 heterocycles. The standard InChI is InChI=1S/C17H16F3N5O6S/c18-17(19,20)9-3-1-2-8(4-9)11-12-15(23-6-22-11)25(7-24-12)16-14(27)13(26)10(31-16)5-30-32(21,28)29/h1-4,6-7,10,13-14,16,26-27H,5H2,(H2,21,28,29)/t10-,13-,14-,16-/m1/s1. The molecule has 2 aromatic heterocycles. The molecule has 32 heavy (non-hydrogen) atoms. The summed E-state index contributed by atoms with van der Waals surface area (Å²) in [5.41, 5.74) is -0.374. The zero-order valence-corrected chi connectivity index (χ0v) is 16.7. The molecule has 1 aromatic carbocycles. The number of nitrogens with zero attached hydrogens (tertiary/aromatic N) is 4. The highest BCUT2D eigenvalue weighted by atomic mass is 32.2. The molecule has 4 N–H and O–H groups in total. The molecule has 0 aliphatic carbocycles. The molecule has 0 bridgehead atoms. The van der Waals surface area contributed by atoms with E-state index in [1.165, 1.54) is 23.0 Å². The van der Waals surface area contributed by atoms with Gasteiger partial charge in [-0.15, -0.1) is 0 Å². The number of hydrogen-bond acceptors (Lipinski definition) is 9. The number of aliphatic hydroxyl groups is 2. The Bertz CT molecular complexity index is 1250. The first-order valence-corrected chi connectivity index (χ1v) is 10.5. The molecule has 1 aliphatic rings. The lowest BCUT2D eigenvalue weighted by Crippen LogP contribution is -2.35. The molecule has 0 spiro atoms. The van der Waals surface area contributed by atoms with Gasteiger partial charge in [0.25, 0.3) is 0 Å². The van der Waals surface area contributed by atoms with Crippen molar-refractivity contribution in [3.63, 3.8) is 0 Å². The van der Waals surface area contributed by atoms with Gasteiger partial charge in [-0.3, -0.25) is 8.75 Å². The lowest BCUT2D eigenvalue weighted by molar-refractivity contribution is -0.137. The molecule has 1 fully saturated rings. The minimum atomic E-state index is -4.55. The van der Waals surface area contributed by atoms with Gasteiger partial charge < -0.3 is 14.9 Å². The predicted molar refractivity (Wildman–Crippen MR) is 101 cm³/mol. The van der Waals surface area contributed by atoms with Crippen LogP contribution >= 0.6 is 0 Å². The maximum absolute atomic E-state index is 13.1. The van der Waals surface area contributed by atoms with Crippen LogP contribution in [0, 0.1) is 0 Å². The molecule has 1 saturated heterocycles. The maximum Gasteiger partial charge on any atom is 0.416 e. The van der Waals surface area contributed by atoms with Crippen LogP contribution in [0.15, 0.2) is 36.9 Å². The van der Waals surface area contributed by atoms with Gasteiger partial charge >= 0.3 is 16.5 Å². The van der Waals surface area contributed by atoms with Crippen molar-refractivity contribution < 1.29 is 40.7 Å². The number of benzene rings is 1. The van der Waals surface area contributed by atoms with Crippen molar-refractivity contribution in [2.24, 2.45) is 5.14 Å². The predicted octanol–water partition coefficient (Wildman–Crippen LogP) is 0.351. The molecule has 172 valence electrons. The van der Waals surface area contributed by atoms with Crippen LogP contribution in [0.2, 0.25) is 0 Å². The van der Waals surface area contributed by atoms with Crippen molar-refractivity contribution in [1.82, 2.24) is 19.5 Å². The van der Waals surface area contributed by atoms with E-state index in [1.807, 2.05) is 0 Å². The van der Waals surface area contributed by atoms with Gasteiger partial charge in [0.15, 0.2) is 11.9 Å². The van der Waals surface area contributed by atoms with Crippen molar-refractivity contribution in [1.29, 1.82) is 0 Å². The SMILES string of the molecule is NS(=O)(=O)OC[C@H]1O[C@@H](n2cnc3c(-c4cccc(C(F)(F)F)c4)ncnc32)[C@H](O)[C@@H]1O. The van der Waals surface area contributed by atoms with Gasteiger partial charge in [0.05, 0.1) is 18.5 Å². The van der Waals surface area contributed by atoms with Crippen molar-refractivity contribution in [2.75, 3.05) is 6.61 Å². The van der Waals surface area contributed by atoms with Crippen molar-refractivity contribution >= 4 is 21.5 Å². The van der Waals surface area contributed by atoms with Gasteiger partial charge in [-0.1, -0.05) is 12.1 Å². The van der Waals surface area contributed by atoms with Crippen LogP contribution in [0.1, 0.15) is 11.8 Å². The first kappa shape index (κ1) is 22.5. The van der Waals surface area contributed by atoms with Gasteiger partial charge in [0, 0.05) is 5.56 Å². The van der Waals surface area contributed by atoms with Crippen LogP contribution < -0.4 is 5.14 Å². The van der Waals surface area contributed by atoms with Crippen LogP contribution in [-0.2, 0) is 25.4 Å². The van der Waals surface area contributed by atoms with E-state index in [0.717, 1.165) is 18.5 Å². The molecule has 0 saturated carbocycles. The third kappa shape index (κ3) is 4.30. The van der Waals surface area contributed by atoms with E-state index < -0.39 is 53.2 Å². The molecule has 15 heteroatoms. The number of alkyl halides is 3. The Kier molecular flexibility index (Phi) is 5.64. The normalized spacial score (nSPS) is 24.3. The fourth-order valence-corrected chi connectivity index (χ4v) is 3.67. The number of hydrogen-bond donors (Lipinski definition) is 3. The number of rotatable bonds is 5. The fraction of sp³-hybridized carbons (Fsp3) is 0.353. The average molecular weight is 475 g/mol. The Labute approximate surface area is 178 Å². The molecular weight excluding hydrogens is 459 g/mol.